The lowest BCUT2D eigenvalue weighted by Crippen LogP contribution is -2.20. The number of ketones is 1. The van der Waals surface area contributed by atoms with E-state index >= 15 is 0 Å². The van der Waals surface area contributed by atoms with Crippen molar-refractivity contribution < 1.29 is 19.0 Å². The number of thioether (sulfide) groups is 1. The van der Waals surface area contributed by atoms with Crippen LogP contribution in [0, 0.1) is 5.82 Å². The Morgan fingerprint density at radius 1 is 1.21 bits per heavy atom. The van der Waals surface area contributed by atoms with E-state index < -0.39 is 6.10 Å². The second-order valence-electron chi connectivity index (χ2n) is 6.42. The SMILES string of the molecule is CCC(=O)c1ccc(OCC(O)CSc2nnc(-c3ccccc3F)n2C)cc1. The molecule has 1 aromatic heterocycles. The van der Waals surface area contributed by atoms with Crippen LogP contribution >= 0.6 is 11.8 Å². The number of rotatable bonds is 9. The fraction of sp³-hybridized carbons (Fsp3) is 0.286. The minimum atomic E-state index is -0.731. The molecular formula is C21H22FN3O3S. The maximum absolute atomic E-state index is 14.0. The molecule has 3 rings (SSSR count). The topological polar surface area (TPSA) is 77.2 Å². The summed E-state index contributed by atoms with van der Waals surface area (Å²) in [5.41, 5.74) is 1.02. The van der Waals surface area contributed by atoms with E-state index in [1.54, 1.807) is 54.1 Å². The van der Waals surface area contributed by atoms with Gasteiger partial charge in [0.25, 0.3) is 0 Å². The maximum Gasteiger partial charge on any atom is 0.191 e. The van der Waals surface area contributed by atoms with Gasteiger partial charge < -0.3 is 14.4 Å². The van der Waals surface area contributed by atoms with E-state index in [1.165, 1.54) is 17.8 Å². The zero-order valence-electron chi connectivity index (χ0n) is 16.2. The van der Waals surface area contributed by atoms with Gasteiger partial charge >= 0.3 is 0 Å². The van der Waals surface area contributed by atoms with E-state index in [0.29, 0.717) is 40.0 Å². The molecule has 0 saturated carbocycles. The summed E-state index contributed by atoms with van der Waals surface area (Å²) in [6, 6.07) is 13.2. The van der Waals surface area contributed by atoms with Crippen molar-refractivity contribution in [3.05, 3.63) is 59.9 Å². The zero-order chi connectivity index (χ0) is 20.8. The second-order valence-corrected chi connectivity index (χ2v) is 7.41. The van der Waals surface area contributed by atoms with E-state index in [0.717, 1.165) is 0 Å². The molecule has 1 heterocycles. The molecule has 0 spiro atoms. The van der Waals surface area contributed by atoms with Crippen LogP contribution in [-0.4, -0.2) is 44.1 Å². The van der Waals surface area contributed by atoms with E-state index in [4.69, 9.17) is 4.74 Å². The third-order valence-electron chi connectivity index (χ3n) is 4.29. The van der Waals surface area contributed by atoms with Gasteiger partial charge in [-0.2, -0.15) is 0 Å². The first kappa shape index (κ1) is 21.0. The number of benzene rings is 2. The fourth-order valence-corrected chi connectivity index (χ4v) is 3.49. The molecule has 8 heteroatoms. The van der Waals surface area contributed by atoms with Crippen molar-refractivity contribution in [1.29, 1.82) is 0 Å². The number of aromatic nitrogens is 3. The van der Waals surface area contributed by atoms with Gasteiger partial charge in [-0.25, -0.2) is 4.39 Å². The molecule has 0 saturated heterocycles. The summed E-state index contributed by atoms with van der Waals surface area (Å²) >= 11 is 1.31. The molecular weight excluding hydrogens is 393 g/mol. The van der Waals surface area contributed by atoms with Gasteiger partial charge in [-0.15, -0.1) is 10.2 Å². The molecule has 3 aromatic rings. The fourth-order valence-electron chi connectivity index (χ4n) is 2.67. The highest BCUT2D eigenvalue weighted by Gasteiger charge is 2.16. The smallest absolute Gasteiger partial charge is 0.191 e. The zero-order valence-corrected chi connectivity index (χ0v) is 17.0. The Kier molecular flexibility index (Phi) is 7.00. The Balaban J connectivity index is 1.53. The maximum atomic E-state index is 14.0. The van der Waals surface area contributed by atoms with E-state index in [9.17, 15) is 14.3 Å². The van der Waals surface area contributed by atoms with Crippen LogP contribution in [0.2, 0.25) is 0 Å². The standard InChI is InChI=1S/C21H22FN3O3S/c1-3-19(27)14-8-10-16(11-9-14)28-12-15(26)13-29-21-24-23-20(25(21)2)17-6-4-5-7-18(17)22/h4-11,15,26H,3,12-13H2,1-2H3. The quantitative estimate of drug-likeness (QED) is 0.424. The van der Waals surface area contributed by atoms with Gasteiger partial charge in [0.1, 0.15) is 18.2 Å². The van der Waals surface area contributed by atoms with Crippen molar-refractivity contribution in [2.75, 3.05) is 12.4 Å². The van der Waals surface area contributed by atoms with Crippen molar-refractivity contribution in [2.24, 2.45) is 7.05 Å². The largest absolute Gasteiger partial charge is 0.491 e. The average molecular weight is 415 g/mol. The summed E-state index contributed by atoms with van der Waals surface area (Å²) in [6.45, 7) is 1.92. The minimum absolute atomic E-state index is 0.0754. The average Bonchev–Trinajstić information content (AvgIpc) is 3.11. The monoisotopic (exact) mass is 415 g/mol. The van der Waals surface area contributed by atoms with Crippen LogP contribution in [-0.2, 0) is 7.05 Å². The highest BCUT2D eigenvalue weighted by molar-refractivity contribution is 7.99. The molecule has 152 valence electrons. The van der Waals surface area contributed by atoms with Crippen molar-refractivity contribution in [2.45, 2.75) is 24.6 Å². The minimum Gasteiger partial charge on any atom is -0.491 e. The molecule has 29 heavy (non-hydrogen) atoms. The normalized spacial score (nSPS) is 12.0. The molecule has 0 radical (unpaired) electrons. The van der Waals surface area contributed by atoms with Crippen LogP contribution in [0.1, 0.15) is 23.7 Å². The van der Waals surface area contributed by atoms with Gasteiger partial charge in [0.2, 0.25) is 0 Å². The molecule has 0 aliphatic carbocycles. The number of ether oxygens (including phenoxy) is 1. The molecule has 0 fully saturated rings. The number of carbonyl (C=O) groups is 1. The molecule has 1 unspecified atom stereocenters. The van der Waals surface area contributed by atoms with Crippen LogP contribution in [0.15, 0.2) is 53.7 Å². The number of hydrogen-bond donors (Lipinski definition) is 1. The lowest BCUT2D eigenvalue weighted by Gasteiger charge is -2.12. The van der Waals surface area contributed by atoms with Crippen molar-refractivity contribution in [3.8, 4) is 17.1 Å². The summed E-state index contributed by atoms with van der Waals surface area (Å²) < 4.78 is 21.2. The van der Waals surface area contributed by atoms with Crippen LogP contribution < -0.4 is 4.74 Å². The van der Waals surface area contributed by atoms with Crippen LogP contribution in [0.25, 0.3) is 11.4 Å². The van der Waals surface area contributed by atoms with Gasteiger partial charge in [-0.3, -0.25) is 4.79 Å². The van der Waals surface area contributed by atoms with Crippen molar-refractivity contribution in [1.82, 2.24) is 14.8 Å². The van der Waals surface area contributed by atoms with Crippen LogP contribution in [0.5, 0.6) is 5.75 Å². The Hall–Kier alpha value is -2.71. The van der Waals surface area contributed by atoms with Gasteiger partial charge in [0, 0.05) is 24.8 Å². The number of hydrogen-bond acceptors (Lipinski definition) is 6. The third-order valence-corrected chi connectivity index (χ3v) is 5.46. The molecule has 0 bridgehead atoms. The van der Waals surface area contributed by atoms with Crippen LogP contribution in [0.3, 0.4) is 0 Å². The number of Topliss-reactive ketones (excluding diaryl/α,β-unsaturated/α-hetero) is 1. The summed E-state index contributed by atoms with van der Waals surface area (Å²) in [5, 5.41) is 18.9. The Morgan fingerprint density at radius 2 is 1.93 bits per heavy atom. The second kappa shape index (κ2) is 9.67. The van der Waals surface area contributed by atoms with E-state index in [2.05, 4.69) is 10.2 Å². The third kappa shape index (κ3) is 5.21. The lowest BCUT2D eigenvalue weighted by molar-refractivity contribution is 0.0987. The van der Waals surface area contributed by atoms with Crippen molar-refractivity contribution >= 4 is 17.5 Å². The van der Waals surface area contributed by atoms with E-state index in [-0.39, 0.29) is 18.2 Å². The highest BCUT2D eigenvalue weighted by Crippen LogP contribution is 2.25. The van der Waals surface area contributed by atoms with Crippen LogP contribution in [0.4, 0.5) is 4.39 Å². The van der Waals surface area contributed by atoms with Crippen molar-refractivity contribution in [3.63, 3.8) is 0 Å². The first-order chi connectivity index (χ1) is 14.0. The van der Waals surface area contributed by atoms with Gasteiger partial charge in [0.15, 0.2) is 16.8 Å². The predicted molar refractivity (Wildman–Crippen MR) is 110 cm³/mol. The Bertz CT molecular complexity index is 976. The number of aliphatic hydroxyl groups is 1. The summed E-state index contributed by atoms with van der Waals surface area (Å²) in [5.74, 6) is 1.07. The molecule has 1 atom stereocenters. The van der Waals surface area contributed by atoms with Gasteiger partial charge in [0.05, 0.1) is 11.7 Å². The number of nitrogens with zero attached hydrogens (tertiary/aromatic N) is 3. The van der Waals surface area contributed by atoms with Gasteiger partial charge in [-0.05, 0) is 36.4 Å². The van der Waals surface area contributed by atoms with Gasteiger partial charge in [-0.1, -0.05) is 30.8 Å². The Morgan fingerprint density at radius 3 is 2.62 bits per heavy atom. The molecule has 6 nitrogen and oxygen atoms in total. The first-order valence-electron chi connectivity index (χ1n) is 9.20. The molecule has 0 aliphatic rings. The first-order valence-corrected chi connectivity index (χ1v) is 10.2. The summed E-state index contributed by atoms with van der Waals surface area (Å²) in [7, 11) is 1.76. The number of carbonyl (C=O) groups excluding carboxylic acids is 1. The number of aliphatic hydroxyl groups excluding tert-OH is 1. The predicted octanol–water partition coefficient (Wildman–Crippen LogP) is 3.75. The van der Waals surface area contributed by atoms with E-state index in [1.807, 2.05) is 6.92 Å². The molecule has 0 aliphatic heterocycles. The molecule has 1 N–H and O–H groups in total. The molecule has 2 aromatic carbocycles. The number of halogens is 1. The lowest BCUT2D eigenvalue weighted by atomic mass is 10.1. The molecule has 0 amide bonds. The summed E-state index contributed by atoms with van der Waals surface area (Å²) in [4.78, 5) is 11.6. The Labute approximate surface area is 172 Å². The summed E-state index contributed by atoms with van der Waals surface area (Å²) in [6.07, 6.45) is -0.276. The highest BCUT2D eigenvalue weighted by atomic mass is 32.2.